The zero-order valence-electron chi connectivity index (χ0n) is 15.9. The minimum absolute atomic E-state index is 0.0618. The number of hydrogen-bond donors (Lipinski definition) is 0. The third kappa shape index (κ3) is 5.84. The number of halogens is 1. The fourth-order valence-electron chi connectivity index (χ4n) is 2.57. The van der Waals surface area contributed by atoms with Crippen molar-refractivity contribution < 1.29 is 9.32 Å². The lowest BCUT2D eigenvalue weighted by Crippen LogP contribution is -2.26. The number of aryl methyl sites for hydroxylation is 1. The monoisotopic (exact) mass is 415 g/mol. The van der Waals surface area contributed by atoms with E-state index in [2.05, 4.69) is 10.1 Å². The Kier molecular flexibility index (Phi) is 7.12. The second-order valence-electron chi connectivity index (χ2n) is 6.53. The van der Waals surface area contributed by atoms with E-state index >= 15 is 0 Å². The van der Waals surface area contributed by atoms with Crippen LogP contribution >= 0.6 is 23.4 Å². The van der Waals surface area contributed by atoms with Crippen LogP contribution in [0, 0.1) is 6.92 Å². The zero-order chi connectivity index (χ0) is 19.9. The highest BCUT2D eigenvalue weighted by Crippen LogP contribution is 2.22. The summed E-state index contributed by atoms with van der Waals surface area (Å²) in [5, 5.41) is 4.74. The molecule has 1 aromatic heterocycles. The fourth-order valence-corrected chi connectivity index (χ4v) is 3.54. The first-order valence-corrected chi connectivity index (χ1v) is 10.4. The average Bonchev–Trinajstić information content (AvgIpc) is 3.15. The van der Waals surface area contributed by atoms with Crippen LogP contribution in [0.2, 0.25) is 5.02 Å². The predicted octanol–water partition coefficient (Wildman–Crippen LogP) is 5.23. The largest absolute Gasteiger partial charge is 0.337 e. The quantitative estimate of drug-likeness (QED) is 0.372. The van der Waals surface area contributed by atoms with Gasteiger partial charge in [-0.3, -0.25) is 4.79 Å². The van der Waals surface area contributed by atoms with Gasteiger partial charge in [-0.2, -0.15) is 4.98 Å². The number of amides is 1. The highest BCUT2D eigenvalue weighted by Gasteiger charge is 2.14. The van der Waals surface area contributed by atoms with Crippen LogP contribution in [0.4, 0.5) is 0 Å². The van der Waals surface area contributed by atoms with Gasteiger partial charge in [0.15, 0.2) is 0 Å². The average molecular weight is 416 g/mol. The van der Waals surface area contributed by atoms with Gasteiger partial charge in [-0.15, -0.1) is 11.8 Å². The van der Waals surface area contributed by atoms with Gasteiger partial charge in [0.1, 0.15) is 0 Å². The second-order valence-corrected chi connectivity index (χ2v) is 8.14. The predicted molar refractivity (Wildman–Crippen MR) is 112 cm³/mol. The van der Waals surface area contributed by atoms with Gasteiger partial charge in [0, 0.05) is 29.0 Å². The van der Waals surface area contributed by atoms with Crippen molar-refractivity contribution in [3.05, 3.63) is 65.0 Å². The number of carbonyl (C=O) groups is 1. The maximum Gasteiger partial charge on any atom is 0.246 e. The lowest BCUT2D eigenvalue weighted by molar-refractivity contribution is -0.130. The Bertz CT molecular complexity index is 910. The van der Waals surface area contributed by atoms with E-state index in [1.165, 1.54) is 5.56 Å². The molecule has 0 spiro atoms. The van der Waals surface area contributed by atoms with Gasteiger partial charge in [-0.05, 0) is 43.4 Å². The van der Waals surface area contributed by atoms with Gasteiger partial charge in [0.25, 0.3) is 0 Å². The lowest BCUT2D eigenvalue weighted by Gasteiger charge is -2.14. The molecule has 3 rings (SSSR count). The summed E-state index contributed by atoms with van der Waals surface area (Å²) in [6.45, 7) is 2.34. The first-order valence-electron chi connectivity index (χ1n) is 9.03. The molecule has 1 amide bonds. The van der Waals surface area contributed by atoms with Crippen LogP contribution in [0.3, 0.4) is 0 Å². The maximum atomic E-state index is 12.3. The SMILES string of the molecule is Cc1ccc(-c2noc(CN(C)C(=O)CCCSc3ccc(Cl)cc3)n2)cc1. The number of rotatable bonds is 8. The van der Waals surface area contributed by atoms with Crippen LogP contribution < -0.4 is 0 Å². The van der Waals surface area contributed by atoms with E-state index in [0.717, 1.165) is 27.7 Å². The molecule has 0 aliphatic rings. The molecule has 3 aromatic rings. The molecule has 0 bridgehead atoms. The lowest BCUT2D eigenvalue weighted by atomic mass is 10.1. The van der Waals surface area contributed by atoms with E-state index in [-0.39, 0.29) is 5.91 Å². The smallest absolute Gasteiger partial charge is 0.246 e. The number of benzene rings is 2. The molecule has 28 heavy (non-hydrogen) atoms. The molecular formula is C21H22ClN3O2S. The van der Waals surface area contributed by atoms with E-state index in [1.54, 1.807) is 23.7 Å². The van der Waals surface area contributed by atoms with E-state index in [4.69, 9.17) is 16.1 Å². The number of nitrogens with zero attached hydrogens (tertiary/aromatic N) is 3. The van der Waals surface area contributed by atoms with Crippen LogP contribution in [0.5, 0.6) is 0 Å². The molecular weight excluding hydrogens is 394 g/mol. The Labute approximate surface area is 174 Å². The van der Waals surface area contributed by atoms with E-state index in [1.807, 2.05) is 55.5 Å². The summed E-state index contributed by atoms with van der Waals surface area (Å²) in [5.74, 6) is 1.91. The molecule has 0 aliphatic heterocycles. The van der Waals surface area contributed by atoms with Crippen LogP contribution in [-0.4, -0.2) is 33.7 Å². The molecule has 0 aliphatic carbocycles. The van der Waals surface area contributed by atoms with Crippen molar-refractivity contribution in [1.29, 1.82) is 0 Å². The van der Waals surface area contributed by atoms with Crippen LogP contribution in [0.1, 0.15) is 24.3 Å². The van der Waals surface area contributed by atoms with Gasteiger partial charge >= 0.3 is 0 Å². The van der Waals surface area contributed by atoms with Crippen molar-refractivity contribution in [3.63, 3.8) is 0 Å². The highest BCUT2D eigenvalue weighted by molar-refractivity contribution is 7.99. The van der Waals surface area contributed by atoms with Crippen LogP contribution in [-0.2, 0) is 11.3 Å². The summed E-state index contributed by atoms with van der Waals surface area (Å²) >= 11 is 7.60. The summed E-state index contributed by atoms with van der Waals surface area (Å²) in [6, 6.07) is 15.6. The summed E-state index contributed by atoms with van der Waals surface area (Å²) in [4.78, 5) is 19.5. The maximum absolute atomic E-state index is 12.3. The Morgan fingerprint density at radius 1 is 1.14 bits per heavy atom. The van der Waals surface area contributed by atoms with Crippen molar-refractivity contribution >= 4 is 29.3 Å². The minimum atomic E-state index is 0.0618. The van der Waals surface area contributed by atoms with Crippen LogP contribution in [0.15, 0.2) is 57.9 Å². The summed E-state index contributed by atoms with van der Waals surface area (Å²) < 4.78 is 5.29. The van der Waals surface area contributed by atoms with Crippen molar-refractivity contribution in [2.75, 3.05) is 12.8 Å². The van der Waals surface area contributed by atoms with E-state index in [0.29, 0.717) is 24.7 Å². The van der Waals surface area contributed by atoms with Gasteiger partial charge in [0.2, 0.25) is 17.6 Å². The molecule has 7 heteroatoms. The molecule has 0 unspecified atom stereocenters. The molecule has 1 heterocycles. The Balaban J connectivity index is 1.44. The van der Waals surface area contributed by atoms with Crippen LogP contribution in [0.25, 0.3) is 11.4 Å². The number of carbonyl (C=O) groups excluding carboxylic acids is 1. The zero-order valence-corrected chi connectivity index (χ0v) is 17.5. The molecule has 0 saturated carbocycles. The van der Waals surface area contributed by atoms with Gasteiger partial charge in [0.05, 0.1) is 6.54 Å². The second kappa shape index (κ2) is 9.75. The Morgan fingerprint density at radius 2 is 1.86 bits per heavy atom. The van der Waals surface area contributed by atoms with Gasteiger partial charge in [-0.25, -0.2) is 0 Å². The van der Waals surface area contributed by atoms with Gasteiger partial charge in [-0.1, -0.05) is 46.6 Å². The van der Waals surface area contributed by atoms with Gasteiger partial charge < -0.3 is 9.42 Å². The first-order chi connectivity index (χ1) is 13.5. The number of hydrogen-bond acceptors (Lipinski definition) is 5. The summed E-state index contributed by atoms with van der Waals surface area (Å²) in [6.07, 6.45) is 1.28. The van der Waals surface area contributed by atoms with Crippen molar-refractivity contribution in [2.45, 2.75) is 31.2 Å². The molecule has 0 radical (unpaired) electrons. The molecule has 2 aromatic carbocycles. The third-order valence-corrected chi connectivity index (χ3v) is 5.54. The van der Waals surface area contributed by atoms with E-state index in [9.17, 15) is 4.79 Å². The molecule has 0 fully saturated rings. The Morgan fingerprint density at radius 3 is 2.57 bits per heavy atom. The summed E-state index contributed by atoms with van der Waals surface area (Å²) in [7, 11) is 1.75. The third-order valence-electron chi connectivity index (χ3n) is 4.19. The minimum Gasteiger partial charge on any atom is -0.337 e. The standard InChI is InChI=1S/C21H22ClN3O2S/c1-15-5-7-16(8-6-15)21-23-19(27-24-21)14-25(2)20(26)4-3-13-28-18-11-9-17(22)10-12-18/h5-12H,3-4,13-14H2,1-2H3. The van der Waals surface area contributed by atoms with Crippen molar-refractivity contribution in [3.8, 4) is 11.4 Å². The highest BCUT2D eigenvalue weighted by atomic mass is 35.5. The fraction of sp³-hybridized carbons (Fsp3) is 0.286. The van der Waals surface area contributed by atoms with Crippen molar-refractivity contribution in [1.82, 2.24) is 15.0 Å². The number of aromatic nitrogens is 2. The molecule has 146 valence electrons. The molecule has 0 N–H and O–H groups in total. The summed E-state index contributed by atoms with van der Waals surface area (Å²) in [5.41, 5.74) is 2.07. The van der Waals surface area contributed by atoms with E-state index < -0.39 is 0 Å². The Hall–Kier alpha value is -2.31. The number of thioether (sulfide) groups is 1. The molecule has 0 atom stereocenters. The first kappa shape index (κ1) is 20.4. The molecule has 0 saturated heterocycles. The molecule has 5 nitrogen and oxygen atoms in total. The topological polar surface area (TPSA) is 59.2 Å². The van der Waals surface area contributed by atoms with Crippen molar-refractivity contribution in [2.24, 2.45) is 0 Å². The normalized spacial score (nSPS) is 10.8.